The van der Waals surface area contributed by atoms with Gasteiger partial charge >= 0.3 is 6.03 Å². The van der Waals surface area contributed by atoms with Crippen molar-refractivity contribution in [2.45, 2.75) is 6.42 Å². The molecule has 0 radical (unpaired) electrons. The van der Waals surface area contributed by atoms with E-state index < -0.39 is 0 Å². The fourth-order valence-electron chi connectivity index (χ4n) is 3.08. The third-order valence-electron chi connectivity index (χ3n) is 4.50. The van der Waals surface area contributed by atoms with Gasteiger partial charge in [-0.3, -0.25) is 4.98 Å². The Kier molecular flexibility index (Phi) is 5.16. The van der Waals surface area contributed by atoms with Crippen molar-refractivity contribution in [3.63, 3.8) is 0 Å². The van der Waals surface area contributed by atoms with Crippen LogP contribution in [0.15, 0.2) is 73.2 Å². The molecule has 4 rings (SSSR count). The first-order chi connectivity index (χ1) is 14.2. The predicted molar refractivity (Wildman–Crippen MR) is 110 cm³/mol. The van der Waals surface area contributed by atoms with E-state index in [2.05, 4.69) is 26.8 Å². The second-order valence-corrected chi connectivity index (χ2v) is 6.44. The van der Waals surface area contributed by atoms with Crippen molar-refractivity contribution in [2.24, 2.45) is 0 Å². The van der Waals surface area contributed by atoms with E-state index in [-0.39, 0.29) is 6.03 Å². The number of amides is 2. The van der Waals surface area contributed by atoms with Gasteiger partial charge < -0.3 is 10.6 Å². The molecular formula is C22H18N6O. The highest BCUT2D eigenvalue weighted by Crippen LogP contribution is 2.26. The summed E-state index contributed by atoms with van der Waals surface area (Å²) < 4.78 is 1.62. The quantitative estimate of drug-likeness (QED) is 0.551. The highest BCUT2D eigenvalue weighted by Gasteiger charge is 2.14. The second-order valence-electron chi connectivity index (χ2n) is 6.44. The van der Waals surface area contributed by atoms with Crippen LogP contribution < -0.4 is 10.6 Å². The summed E-state index contributed by atoms with van der Waals surface area (Å²) in [5, 5.41) is 19.8. The summed E-state index contributed by atoms with van der Waals surface area (Å²) in [6, 6.07) is 18.9. The summed E-state index contributed by atoms with van der Waals surface area (Å²) in [4.78, 5) is 16.1. The molecule has 0 aliphatic carbocycles. The van der Waals surface area contributed by atoms with E-state index in [0.717, 1.165) is 17.5 Å². The fourth-order valence-corrected chi connectivity index (χ4v) is 3.08. The lowest BCUT2D eigenvalue weighted by Gasteiger charge is -2.08. The van der Waals surface area contributed by atoms with Crippen molar-refractivity contribution in [3.05, 3.63) is 84.3 Å². The zero-order chi connectivity index (χ0) is 20.1. The van der Waals surface area contributed by atoms with Crippen LogP contribution in [0, 0.1) is 11.3 Å². The number of fused-ring (bicyclic) bond motifs is 1. The van der Waals surface area contributed by atoms with Crippen LogP contribution in [-0.4, -0.2) is 27.2 Å². The van der Waals surface area contributed by atoms with Gasteiger partial charge in [0.1, 0.15) is 17.3 Å². The average Bonchev–Trinajstić information content (AvgIpc) is 3.13. The van der Waals surface area contributed by atoms with Gasteiger partial charge in [0.2, 0.25) is 0 Å². The Hall–Kier alpha value is -4.18. The molecule has 4 aromatic rings. The molecule has 0 spiro atoms. The van der Waals surface area contributed by atoms with Crippen LogP contribution in [0.2, 0.25) is 0 Å². The molecule has 0 aliphatic heterocycles. The number of nitrogens with one attached hydrogen (secondary N) is 2. The number of hydrogen-bond donors (Lipinski definition) is 2. The summed E-state index contributed by atoms with van der Waals surface area (Å²) in [5.41, 5.74) is 4.38. The molecule has 0 aliphatic rings. The monoisotopic (exact) mass is 382 g/mol. The lowest BCUT2D eigenvalue weighted by molar-refractivity contribution is 0.252. The minimum Gasteiger partial charge on any atom is -0.338 e. The van der Waals surface area contributed by atoms with Crippen LogP contribution in [-0.2, 0) is 6.42 Å². The highest BCUT2D eigenvalue weighted by atomic mass is 16.2. The van der Waals surface area contributed by atoms with E-state index in [0.29, 0.717) is 29.0 Å². The van der Waals surface area contributed by atoms with E-state index in [1.807, 2.05) is 42.5 Å². The number of urea groups is 1. The molecule has 3 heterocycles. The number of aromatic nitrogens is 3. The Morgan fingerprint density at radius 3 is 2.62 bits per heavy atom. The summed E-state index contributed by atoms with van der Waals surface area (Å²) in [6.45, 7) is 0.511. The third kappa shape index (κ3) is 4.06. The van der Waals surface area contributed by atoms with E-state index in [1.165, 1.54) is 0 Å². The Balaban J connectivity index is 1.47. The first kappa shape index (κ1) is 18.2. The molecule has 0 atom stereocenters. The Morgan fingerprint density at radius 2 is 1.86 bits per heavy atom. The number of nitrogens with zero attached hydrogens (tertiary/aromatic N) is 4. The van der Waals surface area contributed by atoms with E-state index in [9.17, 15) is 10.1 Å². The van der Waals surface area contributed by atoms with Gasteiger partial charge in [0.15, 0.2) is 0 Å². The van der Waals surface area contributed by atoms with Gasteiger partial charge in [-0.2, -0.15) is 10.4 Å². The maximum Gasteiger partial charge on any atom is 0.319 e. The normalized spacial score (nSPS) is 10.4. The second kappa shape index (κ2) is 8.23. The van der Waals surface area contributed by atoms with Crippen LogP contribution in [0.1, 0.15) is 11.1 Å². The van der Waals surface area contributed by atoms with E-state index in [4.69, 9.17) is 0 Å². The van der Waals surface area contributed by atoms with Gasteiger partial charge in [-0.25, -0.2) is 9.31 Å². The molecule has 142 valence electrons. The fraction of sp³-hybridized carbons (Fsp3) is 0.0909. The molecule has 1 aromatic carbocycles. The van der Waals surface area contributed by atoms with Gasteiger partial charge in [0.05, 0.1) is 17.4 Å². The maximum absolute atomic E-state index is 12.2. The number of pyridine rings is 2. The van der Waals surface area contributed by atoms with Gasteiger partial charge in [0, 0.05) is 24.5 Å². The smallest absolute Gasteiger partial charge is 0.319 e. The van der Waals surface area contributed by atoms with E-state index in [1.54, 1.807) is 35.2 Å². The van der Waals surface area contributed by atoms with Crippen LogP contribution >= 0.6 is 0 Å². The minimum absolute atomic E-state index is 0.297. The zero-order valence-electron chi connectivity index (χ0n) is 15.5. The molecule has 0 saturated carbocycles. The largest absolute Gasteiger partial charge is 0.338 e. The molecule has 7 nitrogen and oxygen atoms in total. The number of rotatable bonds is 5. The van der Waals surface area contributed by atoms with Gasteiger partial charge in [0.25, 0.3) is 0 Å². The average molecular weight is 382 g/mol. The molecular weight excluding hydrogens is 364 g/mol. The Bertz CT molecular complexity index is 1180. The van der Waals surface area contributed by atoms with Crippen molar-refractivity contribution in [1.82, 2.24) is 19.9 Å². The van der Waals surface area contributed by atoms with Crippen molar-refractivity contribution in [1.29, 1.82) is 5.26 Å². The SMILES string of the molecule is N#Cc1c(-c2ccccc2)nn2cc(NC(=O)NCCc3ccncc3)ccc12. The molecule has 0 saturated heterocycles. The van der Waals surface area contributed by atoms with Crippen LogP contribution in [0.3, 0.4) is 0 Å². The van der Waals surface area contributed by atoms with Crippen molar-refractivity contribution < 1.29 is 4.79 Å². The van der Waals surface area contributed by atoms with Gasteiger partial charge in [-0.05, 0) is 36.2 Å². The van der Waals surface area contributed by atoms with Crippen LogP contribution in [0.5, 0.6) is 0 Å². The molecule has 0 bridgehead atoms. The van der Waals surface area contributed by atoms with Gasteiger partial charge in [-0.1, -0.05) is 30.3 Å². The third-order valence-corrected chi connectivity index (χ3v) is 4.50. The van der Waals surface area contributed by atoms with E-state index >= 15 is 0 Å². The number of carbonyl (C=O) groups is 1. The lowest BCUT2D eigenvalue weighted by Crippen LogP contribution is -2.30. The first-order valence-electron chi connectivity index (χ1n) is 9.16. The summed E-state index contributed by atoms with van der Waals surface area (Å²) in [5.74, 6) is 0. The predicted octanol–water partition coefficient (Wildman–Crippen LogP) is 3.63. The Labute approximate surface area is 167 Å². The minimum atomic E-state index is -0.297. The number of carbonyl (C=O) groups excluding carboxylic acids is 1. The maximum atomic E-state index is 12.2. The Morgan fingerprint density at radius 1 is 1.07 bits per heavy atom. The molecule has 0 fully saturated rings. The van der Waals surface area contributed by atoms with Crippen molar-refractivity contribution >= 4 is 17.2 Å². The standard InChI is InChI=1S/C22H18N6O/c23-14-19-20-7-6-18(15-28(20)27-21(19)17-4-2-1-3-5-17)26-22(29)25-13-10-16-8-11-24-12-9-16/h1-9,11-12,15H,10,13H2,(H2,25,26,29). The zero-order valence-corrected chi connectivity index (χ0v) is 15.5. The van der Waals surface area contributed by atoms with Crippen molar-refractivity contribution in [2.75, 3.05) is 11.9 Å². The number of benzene rings is 1. The molecule has 2 N–H and O–H groups in total. The number of anilines is 1. The van der Waals surface area contributed by atoms with Crippen LogP contribution in [0.4, 0.5) is 10.5 Å². The molecule has 29 heavy (non-hydrogen) atoms. The lowest BCUT2D eigenvalue weighted by atomic mass is 10.1. The summed E-state index contributed by atoms with van der Waals surface area (Å²) in [6.07, 6.45) is 5.88. The molecule has 0 unspecified atom stereocenters. The molecule has 3 aromatic heterocycles. The first-order valence-corrected chi connectivity index (χ1v) is 9.16. The number of hydrogen-bond acceptors (Lipinski definition) is 4. The topological polar surface area (TPSA) is 95.1 Å². The molecule has 7 heteroatoms. The number of nitriles is 1. The molecule has 2 amide bonds. The summed E-state index contributed by atoms with van der Waals surface area (Å²) in [7, 11) is 0. The van der Waals surface area contributed by atoms with Crippen molar-refractivity contribution in [3.8, 4) is 17.3 Å². The summed E-state index contributed by atoms with van der Waals surface area (Å²) >= 11 is 0. The highest BCUT2D eigenvalue weighted by molar-refractivity contribution is 5.89. The van der Waals surface area contributed by atoms with Crippen LogP contribution in [0.25, 0.3) is 16.8 Å². The van der Waals surface area contributed by atoms with Gasteiger partial charge in [-0.15, -0.1) is 0 Å².